The third kappa shape index (κ3) is 9.51. The monoisotopic (exact) mass is 122 g/mol. The molecule has 0 aromatic heterocycles. The van der Waals surface area contributed by atoms with Gasteiger partial charge in [0.05, 0.1) is 0 Å². The van der Waals surface area contributed by atoms with Crippen molar-refractivity contribution < 1.29 is 4.79 Å². The molecule has 1 N–H and O–H groups in total. The number of rotatable bonds is 1. The van der Waals surface area contributed by atoms with Gasteiger partial charge in [0.1, 0.15) is 0 Å². The SMILES string of the molecule is [CH]=C(C)NC(C)=O.[NaH]. The third-order valence-corrected chi connectivity index (χ3v) is 0.373. The summed E-state index contributed by atoms with van der Waals surface area (Å²) < 4.78 is 0. The Hall–Kier alpha value is 0.210. The van der Waals surface area contributed by atoms with Gasteiger partial charge in [0.25, 0.3) is 0 Å². The average Bonchev–Trinajstić information content (AvgIpc) is 1.27. The van der Waals surface area contributed by atoms with Gasteiger partial charge in [-0.1, -0.05) is 0 Å². The fourth-order valence-electron chi connectivity index (χ4n) is 0.278. The first-order chi connectivity index (χ1) is 3.13. The molecule has 1 amide bonds. The molecule has 0 unspecified atom stereocenters. The fourth-order valence-corrected chi connectivity index (χ4v) is 0.278. The van der Waals surface area contributed by atoms with E-state index in [4.69, 9.17) is 6.58 Å². The Bertz CT molecular complexity index is 88.6. The Morgan fingerprint density at radius 1 is 1.50 bits per heavy atom. The molecule has 1 radical (unpaired) electrons. The molecule has 8 heavy (non-hydrogen) atoms. The average molecular weight is 122 g/mol. The second kappa shape index (κ2) is 5.35. The summed E-state index contributed by atoms with van der Waals surface area (Å²) in [6.07, 6.45) is 0. The Balaban J connectivity index is 0. The van der Waals surface area contributed by atoms with Crippen molar-refractivity contribution in [3.8, 4) is 0 Å². The maximum atomic E-state index is 10.0. The Morgan fingerprint density at radius 3 is 1.88 bits per heavy atom. The van der Waals surface area contributed by atoms with Crippen molar-refractivity contribution in [2.45, 2.75) is 13.8 Å². The van der Waals surface area contributed by atoms with Crippen LogP contribution < -0.4 is 5.32 Å². The Kier molecular flexibility index (Phi) is 7.40. The molecular weight excluding hydrogens is 113 g/mol. The van der Waals surface area contributed by atoms with Crippen LogP contribution in [0.25, 0.3) is 0 Å². The summed E-state index contributed by atoms with van der Waals surface area (Å²) in [7, 11) is 0. The van der Waals surface area contributed by atoms with E-state index in [1.165, 1.54) is 6.92 Å². The van der Waals surface area contributed by atoms with E-state index in [-0.39, 0.29) is 35.5 Å². The van der Waals surface area contributed by atoms with Crippen molar-refractivity contribution in [3.63, 3.8) is 0 Å². The molecule has 2 nitrogen and oxygen atoms in total. The first kappa shape index (κ1) is 11.1. The molecule has 0 spiro atoms. The summed E-state index contributed by atoms with van der Waals surface area (Å²) in [4.78, 5) is 10.0. The van der Waals surface area contributed by atoms with E-state index >= 15 is 0 Å². The van der Waals surface area contributed by atoms with Crippen LogP contribution in [0.4, 0.5) is 0 Å². The predicted octanol–water partition coefficient (Wildman–Crippen LogP) is -0.189. The molecule has 0 heterocycles. The number of allylic oxidation sites excluding steroid dienone is 1. The van der Waals surface area contributed by atoms with Crippen LogP contribution in [0.1, 0.15) is 13.8 Å². The molecule has 0 bridgehead atoms. The van der Waals surface area contributed by atoms with E-state index in [9.17, 15) is 4.79 Å². The van der Waals surface area contributed by atoms with Crippen LogP contribution in [0.15, 0.2) is 5.70 Å². The quantitative estimate of drug-likeness (QED) is 0.480. The number of carbonyl (C=O) groups is 1. The summed E-state index contributed by atoms with van der Waals surface area (Å²) >= 11 is 0. The molecule has 0 aliphatic carbocycles. The molecule has 0 rings (SSSR count). The molecule has 0 atom stereocenters. The predicted molar refractivity (Wildman–Crippen MR) is 34.5 cm³/mol. The summed E-state index contributed by atoms with van der Waals surface area (Å²) in [5.74, 6) is -0.125. The number of hydrogen-bond donors (Lipinski definition) is 1. The van der Waals surface area contributed by atoms with Crippen molar-refractivity contribution in [1.29, 1.82) is 0 Å². The van der Waals surface area contributed by atoms with Gasteiger partial charge in [-0.05, 0) is 13.5 Å². The molecule has 3 heteroatoms. The van der Waals surface area contributed by atoms with Crippen LogP contribution in [-0.2, 0) is 4.79 Å². The van der Waals surface area contributed by atoms with Crippen LogP contribution in [-0.4, -0.2) is 35.5 Å². The third-order valence-electron chi connectivity index (χ3n) is 0.373. The number of nitrogens with one attached hydrogen (secondary N) is 1. The van der Waals surface area contributed by atoms with E-state index in [0.717, 1.165) is 0 Å². The molecule has 0 aromatic rings. The van der Waals surface area contributed by atoms with E-state index < -0.39 is 0 Å². The first-order valence-electron chi connectivity index (χ1n) is 1.99. The van der Waals surface area contributed by atoms with E-state index in [2.05, 4.69) is 5.32 Å². The van der Waals surface area contributed by atoms with Crippen LogP contribution in [0.5, 0.6) is 0 Å². The van der Waals surface area contributed by atoms with Gasteiger partial charge in [0, 0.05) is 12.6 Å². The van der Waals surface area contributed by atoms with Gasteiger partial charge in [-0.25, -0.2) is 0 Å². The number of amides is 1. The first-order valence-corrected chi connectivity index (χ1v) is 1.99. The maximum absolute atomic E-state index is 10.0. The van der Waals surface area contributed by atoms with Gasteiger partial charge in [-0.3, -0.25) is 4.79 Å². The minimum atomic E-state index is -0.125. The van der Waals surface area contributed by atoms with E-state index in [1.807, 2.05) is 0 Å². The number of carbonyl (C=O) groups excluding carboxylic acids is 1. The number of hydrogen-bond acceptors (Lipinski definition) is 1. The topological polar surface area (TPSA) is 29.1 Å². The van der Waals surface area contributed by atoms with Gasteiger partial charge >= 0.3 is 29.6 Å². The Labute approximate surface area is 71.6 Å². The van der Waals surface area contributed by atoms with Crippen LogP contribution >= 0.6 is 0 Å². The second-order valence-corrected chi connectivity index (χ2v) is 1.36. The van der Waals surface area contributed by atoms with Crippen LogP contribution in [0.3, 0.4) is 0 Å². The molecule has 0 saturated carbocycles. The van der Waals surface area contributed by atoms with Gasteiger partial charge in [-0.15, -0.1) is 0 Å². The van der Waals surface area contributed by atoms with Crippen molar-refractivity contribution in [2.24, 2.45) is 0 Å². The van der Waals surface area contributed by atoms with Crippen molar-refractivity contribution >= 4 is 35.5 Å². The van der Waals surface area contributed by atoms with Crippen LogP contribution in [0, 0.1) is 6.58 Å². The summed E-state index contributed by atoms with van der Waals surface area (Å²) in [6.45, 7) is 8.12. The van der Waals surface area contributed by atoms with E-state index in [1.54, 1.807) is 6.92 Å². The molecule has 0 fully saturated rings. The molecular formula is C5H9NNaO. The normalized spacial score (nSPS) is 6.75. The van der Waals surface area contributed by atoms with Gasteiger partial charge in [-0.2, -0.15) is 0 Å². The minimum absolute atomic E-state index is 0. The van der Waals surface area contributed by atoms with E-state index in [0.29, 0.717) is 5.70 Å². The zero-order valence-electron chi connectivity index (χ0n) is 4.49. The van der Waals surface area contributed by atoms with Gasteiger partial charge < -0.3 is 5.32 Å². The Morgan fingerprint density at radius 2 is 1.88 bits per heavy atom. The second-order valence-electron chi connectivity index (χ2n) is 1.36. The van der Waals surface area contributed by atoms with Crippen molar-refractivity contribution in [1.82, 2.24) is 5.32 Å². The van der Waals surface area contributed by atoms with Crippen molar-refractivity contribution in [3.05, 3.63) is 12.3 Å². The summed E-state index contributed by atoms with van der Waals surface area (Å²) in [5.41, 5.74) is 0.438. The van der Waals surface area contributed by atoms with Crippen LogP contribution in [0.2, 0.25) is 0 Å². The zero-order valence-corrected chi connectivity index (χ0v) is 4.49. The summed E-state index contributed by atoms with van der Waals surface area (Å²) in [5, 5.41) is 2.36. The van der Waals surface area contributed by atoms with Crippen molar-refractivity contribution in [2.75, 3.05) is 0 Å². The molecule has 0 aliphatic heterocycles. The molecule has 0 aromatic carbocycles. The van der Waals surface area contributed by atoms with Gasteiger partial charge in [0.15, 0.2) is 0 Å². The standard InChI is InChI=1S/C5H8NO.Na.H/c1-4(2)6-5(3)7;;/h1H,2-3H3,(H,6,7);;. The summed E-state index contributed by atoms with van der Waals surface area (Å²) in [6, 6.07) is 0. The molecule has 0 aliphatic rings. The zero-order chi connectivity index (χ0) is 5.86. The fraction of sp³-hybridized carbons (Fsp3) is 0.400. The molecule has 41 valence electrons. The molecule has 0 saturated heterocycles. The van der Waals surface area contributed by atoms with Gasteiger partial charge in [0.2, 0.25) is 5.91 Å².